The molecule has 0 fully saturated rings. The number of carbonyl (C=O) groups excluding carboxylic acids is 1. The second kappa shape index (κ2) is 6.43. The Morgan fingerprint density at radius 2 is 2.21 bits per heavy atom. The molecule has 5 nitrogen and oxygen atoms in total. The summed E-state index contributed by atoms with van der Waals surface area (Å²) in [6.07, 6.45) is 1.28. The molecule has 0 aliphatic carbocycles. The van der Waals surface area contributed by atoms with Crippen LogP contribution in [0.4, 0.5) is 0 Å². The number of Topliss-reactive ketones (excluding diaryl/α,β-unsaturated/α-hetero) is 1. The number of benzene rings is 1. The molecule has 0 saturated heterocycles. The molecule has 0 spiro atoms. The Bertz CT molecular complexity index is 792. The molecule has 6 heteroatoms. The van der Waals surface area contributed by atoms with Gasteiger partial charge in [-0.2, -0.15) is 5.10 Å². The predicted molar refractivity (Wildman–Crippen MR) is 98.5 cm³/mol. The van der Waals surface area contributed by atoms with E-state index in [4.69, 9.17) is 5.73 Å². The molecule has 1 aliphatic rings. The van der Waals surface area contributed by atoms with Crippen molar-refractivity contribution in [3.05, 3.63) is 52.8 Å². The third-order valence-electron chi connectivity index (χ3n) is 4.51. The molecule has 2 aromatic rings. The number of aryl methyl sites for hydroxylation is 2. The van der Waals surface area contributed by atoms with Gasteiger partial charge >= 0.3 is 0 Å². The van der Waals surface area contributed by atoms with Crippen LogP contribution in [-0.4, -0.2) is 26.5 Å². The first kappa shape index (κ1) is 16.8. The fourth-order valence-corrected chi connectivity index (χ4v) is 3.86. The SMILES string of the molecule is Cc1cc(C(=O)Cc2cccc([C@]3(C)CCSC(N)=N3)c2)nn1C. The lowest BCUT2D eigenvalue weighted by molar-refractivity contribution is 0.0987. The van der Waals surface area contributed by atoms with Crippen LogP contribution in [0.1, 0.15) is 40.7 Å². The van der Waals surface area contributed by atoms with Gasteiger partial charge in [0.05, 0.1) is 5.54 Å². The Hall–Kier alpha value is -2.08. The molecule has 1 atom stereocenters. The van der Waals surface area contributed by atoms with E-state index in [0.29, 0.717) is 17.3 Å². The van der Waals surface area contributed by atoms with Gasteiger partial charge in [-0.05, 0) is 37.5 Å². The summed E-state index contributed by atoms with van der Waals surface area (Å²) in [7, 11) is 1.84. The van der Waals surface area contributed by atoms with E-state index in [1.54, 1.807) is 16.4 Å². The first-order valence-corrected chi connectivity index (χ1v) is 8.97. The molecule has 3 rings (SSSR count). The Morgan fingerprint density at radius 3 is 2.88 bits per heavy atom. The van der Waals surface area contributed by atoms with E-state index in [1.165, 1.54) is 0 Å². The lowest BCUT2D eigenvalue weighted by Gasteiger charge is -2.30. The van der Waals surface area contributed by atoms with Crippen molar-refractivity contribution < 1.29 is 4.79 Å². The van der Waals surface area contributed by atoms with Crippen LogP contribution in [0, 0.1) is 6.92 Å². The number of thioether (sulfide) groups is 1. The van der Waals surface area contributed by atoms with Crippen molar-refractivity contribution in [3.63, 3.8) is 0 Å². The minimum Gasteiger partial charge on any atom is -0.379 e. The van der Waals surface area contributed by atoms with E-state index in [0.717, 1.165) is 29.0 Å². The second-order valence-corrected chi connectivity index (χ2v) is 7.53. The van der Waals surface area contributed by atoms with Crippen LogP contribution in [0.15, 0.2) is 35.3 Å². The minimum absolute atomic E-state index is 0.0308. The van der Waals surface area contributed by atoms with Crippen molar-refractivity contribution in [2.75, 3.05) is 5.75 Å². The maximum atomic E-state index is 12.5. The molecule has 0 amide bonds. The highest BCUT2D eigenvalue weighted by molar-refractivity contribution is 8.13. The van der Waals surface area contributed by atoms with Crippen LogP contribution in [0.5, 0.6) is 0 Å². The van der Waals surface area contributed by atoms with Gasteiger partial charge in [-0.25, -0.2) is 0 Å². The van der Waals surface area contributed by atoms with E-state index >= 15 is 0 Å². The highest BCUT2D eigenvalue weighted by atomic mass is 32.2. The first-order chi connectivity index (χ1) is 11.4. The van der Waals surface area contributed by atoms with E-state index in [9.17, 15) is 4.79 Å². The van der Waals surface area contributed by atoms with Gasteiger partial charge in [-0.15, -0.1) is 0 Å². The zero-order valence-corrected chi connectivity index (χ0v) is 15.1. The fraction of sp³-hybridized carbons (Fsp3) is 0.389. The summed E-state index contributed by atoms with van der Waals surface area (Å²) >= 11 is 1.59. The monoisotopic (exact) mass is 342 g/mol. The average Bonchev–Trinajstić information content (AvgIpc) is 2.87. The van der Waals surface area contributed by atoms with Gasteiger partial charge in [0.1, 0.15) is 5.69 Å². The Labute approximate surface area is 146 Å². The molecule has 0 saturated carbocycles. The maximum absolute atomic E-state index is 12.5. The number of ketones is 1. The van der Waals surface area contributed by atoms with Gasteiger partial charge in [0.25, 0.3) is 0 Å². The topological polar surface area (TPSA) is 73.3 Å². The number of carbonyl (C=O) groups is 1. The quantitative estimate of drug-likeness (QED) is 0.867. The molecule has 0 unspecified atom stereocenters. The van der Waals surface area contributed by atoms with Crippen molar-refractivity contribution in [3.8, 4) is 0 Å². The van der Waals surface area contributed by atoms with Crippen LogP contribution < -0.4 is 5.73 Å². The van der Waals surface area contributed by atoms with E-state index in [2.05, 4.69) is 29.1 Å². The largest absolute Gasteiger partial charge is 0.379 e. The second-order valence-electron chi connectivity index (χ2n) is 6.42. The smallest absolute Gasteiger partial charge is 0.187 e. The standard InChI is InChI=1S/C18H22N4OS/c1-12-9-15(21-22(12)3)16(23)11-13-5-4-6-14(10-13)18(2)7-8-24-17(19)20-18/h4-6,9-10H,7-8,11H2,1-3H3,(H2,19,20)/t18-/m0/s1. The number of rotatable bonds is 4. The number of amidine groups is 1. The lowest BCUT2D eigenvalue weighted by atomic mass is 9.88. The summed E-state index contributed by atoms with van der Waals surface area (Å²) < 4.78 is 1.72. The summed E-state index contributed by atoms with van der Waals surface area (Å²) in [4.78, 5) is 17.1. The van der Waals surface area contributed by atoms with E-state index < -0.39 is 0 Å². The normalized spacial score (nSPS) is 20.7. The summed E-state index contributed by atoms with van der Waals surface area (Å²) in [5.41, 5.74) is 9.18. The van der Waals surface area contributed by atoms with Gasteiger partial charge in [-0.3, -0.25) is 14.5 Å². The zero-order valence-electron chi connectivity index (χ0n) is 14.2. The molecule has 0 bridgehead atoms. The first-order valence-electron chi connectivity index (χ1n) is 7.99. The molecule has 0 radical (unpaired) electrons. The van der Waals surface area contributed by atoms with Crippen molar-refractivity contribution >= 4 is 22.7 Å². The van der Waals surface area contributed by atoms with Crippen molar-refractivity contribution in [1.29, 1.82) is 0 Å². The number of aliphatic imine (C=N–C) groups is 1. The molecule has 1 aliphatic heterocycles. The van der Waals surface area contributed by atoms with Crippen LogP contribution in [0.3, 0.4) is 0 Å². The molecule has 1 aromatic heterocycles. The number of nitrogens with zero attached hydrogens (tertiary/aromatic N) is 3. The molecular formula is C18H22N4OS. The van der Waals surface area contributed by atoms with Crippen molar-refractivity contribution in [2.24, 2.45) is 17.8 Å². The summed E-state index contributed by atoms with van der Waals surface area (Å²) in [6.45, 7) is 4.04. The fourth-order valence-electron chi connectivity index (χ4n) is 2.88. The van der Waals surface area contributed by atoms with Crippen LogP contribution in [0.25, 0.3) is 0 Å². The van der Waals surface area contributed by atoms with Crippen LogP contribution >= 0.6 is 11.8 Å². The van der Waals surface area contributed by atoms with Crippen LogP contribution in [-0.2, 0) is 19.0 Å². The van der Waals surface area contributed by atoms with Crippen LogP contribution in [0.2, 0.25) is 0 Å². The predicted octanol–water partition coefficient (Wildman–Crippen LogP) is 2.82. The highest BCUT2D eigenvalue weighted by Gasteiger charge is 2.29. The van der Waals surface area contributed by atoms with Gasteiger partial charge in [0.15, 0.2) is 11.0 Å². The number of hydrogen-bond acceptors (Lipinski definition) is 5. The maximum Gasteiger partial charge on any atom is 0.187 e. The molecule has 2 heterocycles. The Kier molecular flexibility index (Phi) is 4.49. The average molecular weight is 342 g/mol. The third-order valence-corrected chi connectivity index (χ3v) is 5.30. The summed E-state index contributed by atoms with van der Waals surface area (Å²) in [6, 6.07) is 9.93. The third kappa shape index (κ3) is 3.38. The molecular weight excluding hydrogens is 320 g/mol. The van der Waals surface area contributed by atoms with Gasteiger partial charge < -0.3 is 5.73 Å². The summed E-state index contributed by atoms with van der Waals surface area (Å²) in [5, 5.41) is 4.90. The molecule has 1 aromatic carbocycles. The van der Waals surface area contributed by atoms with Crippen molar-refractivity contribution in [1.82, 2.24) is 9.78 Å². The number of hydrogen-bond donors (Lipinski definition) is 1. The number of aromatic nitrogens is 2. The zero-order chi connectivity index (χ0) is 17.3. The van der Waals surface area contributed by atoms with Gasteiger partial charge in [0, 0.05) is 24.9 Å². The lowest BCUT2D eigenvalue weighted by Crippen LogP contribution is -2.28. The van der Waals surface area contributed by atoms with Crippen molar-refractivity contribution in [2.45, 2.75) is 32.2 Å². The van der Waals surface area contributed by atoms with Gasteiger partial charge in [-0.1, -0.05) is 36.0 Å². The van der Waals surface area contributed by atoms with E-state index in [1.807, 2.05) is 32.2 Å². The molecule has 126 valence electrons. The van der Waals surface area contributed by atoms with E-state index in [-0.39, 0.29) is 11.3 Å². The highest BCUT2D eigenvalue weighted by Crippen LogP contribution is 2.35. The molecule has 2 N–H and O–H groups in total. The number of nitrogens with two attached hydrogens (primary N) is 1. The summed E-state index contributed by atoms with van der Waals surface area (Å²) in [5.74, 6) is 0.991. The molecule has 24 heavy (non-hydrogen) atoms. The Morgan fingerprint density at radius 1 is 1.42 bits per heavy atom. The minimum atomic E-state index is -0.310. The van der Waals surface area contributed by atoms with Gasteiger partial charge in [0.2, 0.25) is 0 Å². The Balaban J connectivity index is 1.83.